The third kappa shape index (κ3) is 2.86. The van der Waals surface area contributed by atoms with Crippen LogP contribution in [-0.4, -0.2) is 35.3 Å². The quantitative estimate of drug-likeness (QED) is 0.800. The molecule has 3 rings (SSSR count). The molecule has 0 saturated heterocycles. The first-order valence-corrected chi connectivity index (χ1v) is 9.04. The molecule has 2 amide bonds. The molecule has 2 aliphatic rings. The third-order valence-electron chi connectivity index (χ3n) is 4.69. The van der Waals surface area contributed by atoms with Gasteiger partial charge in [0.15, 0.2) is 0 Å². The summed E-state index contributed by atoms with van der Waals surface area (Å²) in [5.74, 6) is 2.31. The van der Waals surface area contributed by atoms with E-state index in [9.17, 15) is 9.59 Å². The van der Waals surface area contributed by atoms with Crippen LogP contribution in [0.5, 0.6) is 0 Å². The molecule has 1 aromatic carbocycles. The molecule has 0 radical (unpaired) electrons. The number of thioether (sulfide) groups is 1. The molecule has 1 aliphatic carbocycles. The molecular formula is C17H21NO2S. The van der Waals surface area contributed by atoms with Gasteiger partial charge in [0.05, 0.1) is 11.1 Å². The molecule has 0 aromatic heterocycles. The number of imide groups is 1. The van der Waals surface area contributed by atoms with Gasteiger partial charge in [-0.25, -0.2) is 0 Å². The van der Waals surface area contributed by atoms with Gasteiger partial charge in [0.2, 0.25) is 0 Å². The summed E-state index contributed by atoms with van der Waals surface area (Å²) in [6.45, 7) is 0.596. The summed E-state index contributed by atoms with van der Waals surface area (Å²) in [4.78, 5) is 26.2. The van der Waals surface area contributed by atoms with Crippen LogP contribution in [0.15, 0.2) is 24.3 Å². The van der Waals surface area contributed by atoms with E-state index in [1.54, 1.807) is 12.1 Å². The van der Waals surface area contributed by atoms with Crippen molar-refractivity contribution >= 4 is 23.6 Å². The van der Waals surface area contributed by atoms with E-state index in [1.807, 2.05) is 23.9 Å². The zero-order valence-electron chi connectivity index (χ0n) is 12.4. The molecule has 21 heavy (non-hydrogen) atoms. The van der Waals surface area contributed by atoms with Gasteiger partial charge in [-0.05, 0) is 61.7 Å². The Kier molecular flexibility index (Phi) is 4.34. The molecule has 0 N–H and O–H groups in total. The molecule has 1 aliphatic heterocycles. The van der Waals surface area contributed by atoms with Gasteiger partial charge in [0.1, 0.15) is 0 Å². The maximum absolute atomic E-state index is 12.3. The Hall–Kier alpha value is -1.29. The Balaban J connectivity index is 1.63. The zero-order chi connectivity index (χ0) is 14.8. The summed E-state index contributed by atoms with van der Waals surface area (Å²) in [5.41, 5.74) is 1.14. The van der Waals surface area contributed by atoms with Crippen LogP contribution < -0.4 is 0 Å². The number of amides is 2. The van der Waals surface area contributed by atoms with Crippen LogP contribution in [-0.2, 0) is 0 Å². The van der Waals surface area contributed by atoms with Crippen molar-refractivity contribution in [3.63, 3.8) is 0 Å². The molecule has 4 heteroatoms. The highest BCUT2D eigenvalue weighted by atomic mass is 32.2. The molecule has 112 valence electrons. The maximum atomic E-state index is 12.3. The summed E-state index contributed by atoms with van der Waals surface area (Å²) in [6.07, 6.45) is 6.89. The second-order valence-corrected chi connectivity index (χ2v) is 7.02. The topological polar surface area (TPSA) is 37.4 Å². The molecule has 0 atom stereocenters. The largest absolute Gasteiger partial charge is 0.274 e. The molecule has 3 nitrogen and oxygen atoms in total. The minimum absolute atomic E-state index is 0.109. The summed E-state index contributed by atoms with van der Waals surface area (Å²) in [6, 6.07) is 7.15. The Morgan fingerprint density at radius 2 is 1.52 bits per heavy atom. The highest BCUT2D eigenvalue weighted by molar-refractivity contribution is 7.98. The fraction of sp³-hybridized carbons (Fsp3) is 0.529. The second kappa shape index (κ2) is 6.22. The highest BCUT2D eigenvalue weighted by Crippen LogP contribution is 2.32. The van der Waals surface area contributed by atoms with Crippen LogP contribution in [0, 0.1) is 11.8 Å². The Labute approximate surface area is 130 Å². The Bertz CT molecular complexity index is 514. The lowest BCUT2D eigenvalue weighted by Gasteiger charge is -2.30. The average molecular weight is 303 g/mol. The fourth-order valence-corrected chi connectivity index (χ4v) is 4.28. The normalized spacial score (nSPS) is 25.3. The number of nitrogens with zero attached hydrogens (tertiary/aromatic N) is 1. The summed E-state index contributed by atoms with van der Waals surface area (Å²) < 4.78 is 0. The number of hydrogen-bond donors (Lipinski definition) is 0. The second-order valence-electron chi connectivity index (χ2n) is 6.11. The number of carbonyl (C=O) groups is 2. The van der Waals surface area contributed by atoms with Crippen molar-refractivity contribution in [3.8, 4) is 0 Å². The van der Waals surface area contributed by atoms with E-state index < -0.39 is 0 Å². The SMILES string of the molecule is CSCC1CCC(CN2C(=O)c3ccccc3C2=O)CC1. The van der Waals surface area contributed by atoms with Gasteiger partial charge in [-0.1, -0.05) is 12.1 Å². The lowest BCUT2D eigenvalue weighted by atomic mass is 9.82. The summed E-state index contributed by atoms with van der Waals surface area (Å²) in [7, 11) is 0. The van der Waals surface area contributed by atoms with E-state index in [1.165, 1.54) is 23.5 Å². The van der Waals surface area contributed by atoms with Gasteiger partial charge in [0, 0.05) is 6.54 Å². The predicted molar refractivity (Wildman–Crippen MR) is 85.6 cm³/mol. The van der Waals surface area contributed by atoms with Gasteiger partial charge < -0.3 is 0 Å². The number of rotatable bonds is 4. The van der Waals surface area contributed by atoms with Crippen molar-refractivity contribution in [1.29, 1.82) is 0 Å². The molecule has 1 aromatic rings. The van der Waals surface area contributed by atoms with Crippen LogP contribution in [0.25, 0.3) is 0 Å². The molecule has 1 heterocycles. The standard InChI is InChI=1S/C17H21NO2S/c1-21-11-13-8-6-12(7-9-13)10-18-16(19)14-4-2-3-5-15(14)17(18)20/h2-5,12-13H,6-11H2,1H3. The third-order valence-corrected chi connectivity index (χ3v) is 5.49. The first kappa shape index (κ1) is 14.6. The number of benzene rings is 1. The van der Waals surface area contributed by atoms with Gasteiger partial charge in [0.25, 0.3) is 11.8 Å². The first-order chi connectivity index (χ1) is 10.2. The lowest BCUT2D eigenvalue weighted by molar-refractivity contribution is 0.0612. The maximum Gasteiger partial charge on any atom is 0.261 e. The summed E-state index contributed by atoms with van der Waals surface area (Å²) in [5, 5.41) is 0. The first-order valence-electron chi connectivity index (χ1n) is 7.65. The van der Waals surface area contributed by atoms with E-state index >= 15 is 0 Å². The van der Waals surface area contributed by atoms with E-state index in [0.717, 1.165) is 18.8 Å². The minimum atomic E-state index is -0.109. The monoisotopic (exact) mass is 303 g/mol. The van der Waals surface area contributed by atoms with Crippen molar-refractivity contribution in [1.82, 2.24) is 4.90 Å². The van der Waals surface area contributed by atoms with Crippen LogP contribution in [0.3, 0.4) is 0 Å². The molecule has 0 bridgehead atoms. The van der Waals surface area contributed by atoms with Gasteiger partial charge in [-0.2, -0.15) is 11.8 Å². The van der Waals surface area contributed by atoms with Gasteiger partial charge >= 0.3 is 0 Å². The molecule has 0 spiro atoms. The minimum Gasteiger partial charge on any atom is -0.274 e. The van der Waals surface area contributed by atoms with Crippen molar-refractivity contribution in [2.75, 3.05) is 18.6 Å². The van der Waals surface area contributed by atoms with E-state index in [4.69, 9.17) is 0 Å². The van der Waals surface area contributed by atoms with Crippen molar-refractivity contribution < 1.29 is 9.59 Å². The number of fused-ring (bicyclic) bond motifs is 1. The summed E-state index contributed by atoms with van der Waals surface area (Å²) >= 11 is 1.92. The smallest absolute Gasteiger partial charge is 0.261 e. The van der Waals surface area contributed by atoms with E-state index in [-0.39, 0.29) is 11.8 Å². The van der Waals surface area contributed by atoms with E-state index in [0.29, 0.717) is 23.6 Å². The number of hydrogen-bond acceptors (Lipinski definition) is 3. The molecule has 1 saturated carbocycles. The zero-order valence-corrected chi connectivity index (χ0v) is 13.2. The van der Waals surface area contributed by atoms with E-state index in [2.05, 4.69) is 6.26 Å². The van der Waals surface area contributed by atoms with Crippen LogP contribution in [0.1, 0.15) is 46.4 Å². The Morgan fingerprint density at radius 3 is 2.05 bits per heavy atom. The highest BCUT2D eigenvalue weighted by Gasteiger charge is 2.36. The van der Waals surface area contributed by atoms with Crippen molar-refractivity contribution in [2.24, 2.45) is 11.8 Å². The Morgan fingerprint density at radius 1 is 1.00 bits per heavy atom. The van der Waals surface area contributed by atoms with Gasteiger partial charge in [-0.3, -0.25) is 14.5 Å². The van der Waals surface area contributed by atoms with Crippen molar-refractivity contribution in [2.45, 2.75) is 25.7 Å². The van der Waals surface area contributed by atoms with Crippen LogP contribution in [0.4, 0.5) is 0 Å². The lowest BCUT2D eigenvalue weighted by Crippen LogP contribution is -2.36. The molecular weight excluding hydrogens is 282 g/mol. The predicted octanol–water partition coefficient (Wildman–Crippen LogP) is 3.45. The number of carbonyl (C=O) groups excluding carboxylic acids is 2. The molecule has 1 fully saturated rings. The van der Waals surface area contributed by atoms with Gasteiger partial charge in [-0.15, -0.1) is 0 Å². The fourth-order valence-electron chi connectivity index (χ4n) is 3.48. The van der Waals surface area contributed by atoms with Crippen LogP contribution in [0.2, 0.25) is 0 Å². The van der Waals surface area contributed by atoms with Crippen LogP contribution >= 0.6 is 11.8 Å². The molecule has 0 unspecified atom stereocenters. The van der Waals surface area contributed by atoms with Crippen molar-refractivity contribution in [3.05, 3.63) is 35.4 Å². The average Bonchev–Trinajstić information content (AvgIpc) is 2.75.